The smallest absolute Gasteiger partial charge is 0.131 e. The lowest BCUT2D eigenvalue weighted by Crippen LogP contribution is -2.40. The number of nitrogens with zero attached hydrogens (tertiary/aromatic N) is 2. The molecule has 1 fully saturated rings. The van der Waals surface area contributed by atoms with Gasteiger partial charge in [0.2, 0.25) is 0 Å². The predicted molar refractivity (Wildman–Crippen MR) is 66.6 cm³/mol. The number of nitrogens with one attached hydrogen (secondary N) is 1. The Bertz CT molecular complexity index is 391. The van der Waals surface area contributed by atoms with Crippen LogP contribution in [0.15, 0.2) is 0 Å². The first-order chi connectivity index (χ1) is 7.42. The van der Waals surface area contributed by atoms with E-state index in [1.54, 1.807) is 4.68 Å². The zero-order valence-corrected chi connectivity index (χ0v) is 11.2. The molecule has 2 rings (SSSR count). The van der Waals surface area contributed by atoms with Crippen molar-refractivity contribution in [1.82, 2.24) is 15.1 Å². The fourth-order valence-electron chi connectivity index (χ4n) is 2.14. The van der Waals surface area contributed by atoms with Crippen LogP contribution in [0.5, 0.6) is 0 Å². The molecular formula is C12H20ClN3. The van der Waals surface area contributed by atoms with Gasteiger partial charge in [-0.1, -0.05) is 11.6 Å². The fraction of sp³-hybridized carbons (Fsp3) is 0.750. The van der Waals surface area contributed by atoms with Gasteiger partial charge in [0.15, 0.2) is 0 Å². The lowest BCUT2D eigenvalue weighted by atomic mass is 9.98. The van der Waals surface area contributed by atoms with Gasteiger partial charge in [0.1, 0.15) is 5.15 Å². The summed E-state index contributed by atoms with van der Waals surface area (Å²) in [5.41, 5.74) is 2.36. The van der Waals surface area contributed by atoms with Crippen LogP contribution in [0.1, 0.15) is 37.9 Å². The molecule has 1 heterocycles. The van der Waals surface area contributed by atoms with E-state index in [4.69, 9.17) is 11.6 Å². The molecule has 0 unspecified atom stereocenters. The van der Waals surface area contributed by atoms with E-state index in [0.717, 1.165) is 28.9 Å². The maximum absolute atomic E-state index is 6.20. The van der Waals surface area contributed by atoms with Crippen molar-refractivity contribution in [2.24, 2.45) is 13.0 Å². The highest BCUT2D eigenvalue weighted by molar-refractivity contribution is 6.30. The van der Waals surface area contributed by atoms with Crippen molar-refractivity contribution in [3.63, 3.8) is 0 Å². The van der Waals surface area contributed by atoms with Gasteiger partial charge in [-0.3, -0.25) is 4.68 Å². The minimum absolute atomic E-state index is 0.214. The first-order valence-corrected chi connectivity index (χ1v) is 6.22. The maximum Gasteiger partial charge on any atom is 0.131 e. The highest BCUT2D eigenvalue weighted by Gasteiger charge is 2.37. The molecule has 0 saturated heterocycles. The average Bonchev–Trinajstić information content (AvgIpc) is 2.97. The van der Waals surface area contributed by atoms with Crippen LogP contribution < -0.4 is 5.32 Å². The van der Waals surface area contributed by atoms with Crippen molar-refractivity contribution in [3.8, 4) is 0 Å². The third-order valence-electron chi connectivity index (χ3n) is 3.59. The van der Waals surface area contributed by atoms with Crippen molar-refractivity contribution in [3.05, 3.63) is 16.4 Å². The summed E-state index contributed by atoms with van der Waals surface area (Å²) in [5.74, 6) is 0.822. The van der Waals surface area contributed by atoms with Crippen LogP contribution in [0, 0.1) is 12.8 Å². The minimum atomic E-state index is 0.214. The Morgan fingerprint density at radius 2 is 2.12 bits per heavy atom. The molecule has 0 radical (unpaired) electrons. The van der Waals surface area contributed by atoms with Crippen LogP contribution in [-0.4, -0.2) is 15.3 Å². The standard InChI is InChI=1S/C12H20ClN3/c1-8-10(11(13)16(4)15-8)7-14-12(2,3)9-5-6-9/h9,14H,5-7H2,1-4H3. The van der Waals surface area contributed by atoms with E-state index in [1.807, 2.05) is 14.0 Å². The van der Waals surface area contributed by atoms with Gasteiger partial charge in [0.25, 0.3) is 0 Å². The van der Waals surface area contributed by atoms with Crippen molar-refractivity contribution in [2.75, 3.05) is 0 Å². The molecule has 1 N–H and O–H groups in total. The first-order valence-electron chi connectivity index (χ1n) is 5.85. The molecule has 1 aromatic rings. The van der Waals surface area contributed by atoms with Crippen molar-refractivity contribution < 1.29 is 0 Å². The van der Waals surface area contributed by atoms with Gasteiger partial charge in [-0.15, -0.1) is 0 Å². The Kier molecular flexibility index (Phi) is 3.01. The molecule has 1 saturated carbocycles. The molecule has 0 amide bonds. The Hall–Kier alpha value is -0.540. The number of hydrogen-bond acceptors (Lipinski definition) is 2. The van der Waals surface area contributed by atoms with Crippen LogP contribution in [-0.2, 0) is 13.6 Å². The molecule has 0 bridgehead atoms. The number of aromatic nitrogens is 2. The molecular weight excluding hydrogens is 222 g/mol. The van der Waals surface area contributed by atoms with Crippen LogP contribution in [0.25, 0.3) is 0 Å². The van der Waals surface area contributed by atoms with Crippen LogP contribution in [0.3, 0.4) is 0 Å². The summed E-state index contributed by atoms with van der Waals surface area (Å²) < 4.78 is 1.73. The van der Waals surface area contributed by atoms with Gasteiger partial charge < -0.3 is 5.32 Å². The minimum Gasteiger partial charge on any atom is -0.307 e. The normalized spacial score (nSPS) is 16.8. The number of hydrogen-bond donors (Lipinski definition) is 1. The topological polar surface area (TPSA) is 29.9 Å². The van der Waals surface area contributed by atoms with Crippen molar-refractivity contribution in [1.29, 1.82) is 0 Å². The Morgan fingerprint density at radius 1 is 1.50 bits per heavy atom. The number of halogens is 1. The predicted octanol–water partition coefficient (Wildman–Crippen LogP) is 2.66. The maximum atomic E-state index is 6.20. The zero-order valence-electron chi connectivity index (χ0n) is 10.5. The van der Waals surface area contributed by atoms with Gasteiger partial charge >= 0.3 is 0 Å². The van der Waals surface area contributed by atoms with Gasteiger partial charge in [0, 0.05) is 24.7 Å². The molecule has 1 aliphatic carbocycles. The van der Waals surface area contributed by atoms with Gasteiger partial charge in [0.05, 0.1) is 5.69 Å². The van der Waals surface area contributed by atoms with E-state index in [0.29, 0.717) is 0 Å². The Morgan fingerprint density at radius 3 is 2.56 bits per heavy atom. The highest BCUT2D eigenvalue weighted by atomic mass is 35.5. The van der Waals surface area contributed by atoms with E-state index < -0.39 is 0 Å². The number of aryl methyl sites for hydroxylation is 2. The van der Waals surface area contributed by atoms with Gasteiger partial charge in [-0.25, -0.2) is 0 Å². The van der Waals surface area contributed by atoms with Crippen molar-refractivity contribution in [2.45, 2.75) is 45.7 Å². The monoisotopic (exact) mass is 241 g/mol. The fourth-order valence-corrected chi connectivity index (χ4v) is 2.38. The summed E-state index contributed by atoms with van der Waals surface area (Å²) in [6.07, 6.45) is 2.69. The lowest BCUT2D eigenvalue weighted by Gasteiger charge is -2.26. The molecule has 0 aromatic carbocycles. The molecule has 0 aliphatic heterocycles. The SMILES string of the molecule is Cc1nn(C)c(Cl)c1CNC(C)(C)C1CC1. The summed E-state index contributed by atoms with van der Waals surface area (Å²) in [6, 6.07) is 0. The van der Waals surface area contributed by atoms with E-state index in [9.17, 15) is 0 Å². The molecule has 1 aromatic heterocycles. The molecule has 4 heteroatoms. The second-order valence-electron chi connectivity index (χ2n) is 5.33. The molecule has 3 nitrogen and oxygen atoms in total. The van der Waals surface area contributed by atoms with E-state index in [2.05, 4.69) is 24.3 Å². The largest absolute Gasteiger partial charge is 0.307 e. The second kappa shape index (κ2) is 4.04. The first kappa shape index (κ1) is 11.9. The number of rotatable bonds is 4. The van der Waals surface area contributed by atoms with E-state index >= 15 is 0 Å². The Labute approximate surface area is 102 Å². The van der Waals surface area contributed by atoms with Gasteiger partial charge in [-0.2, -0.15) is 5.10 Å². The summed E-state index contributed by atoms with van der Waals surface area (Å²) in [5, 5.41) is 8.66. The zero-order chi connectivity index (χ0) is 11.9. The van der Waals surface area contributed by atoms with Crippen LogP contribution >= 0.6 is 11.6 Å². The van der Waals surface area contributed by atoms with Crippen LogP contribution in [0.4, 0.5) is 0 Å². The molecule has 90 valence electrons. The molecule has 0 spiro atoms. The third kappa shape index (κ3) is 2.25. The summed E-state index contributed by atoms with van der Waals surface area (Å²) in [4.78, 5) is 0. The molecule has 16 heavy (non-hydrogen) atoms. The second-order valence-corrected chi connectivity index (χ2v) is 5.69. The summed E-state index contributed by atoms with van der Waals surface area (Å²) in [6.45, 7) is 7.35. The van der Waals surface area contributed by atoms with Gasteiger partial charge in [-0.05, 0) is 39.5 Å². The quantitative estimate of drug-likeness (QED) is 0.879. The van der Waals surface area contributed by atoms with E-state index in [1.165, 1.54) is 12.8 Å². The Balaban J connectivity index is 2.04. The van der Waals surface area contributed by atoms with E-state index in [-0.39, 0.29) is 5.54 Å². The lowest BCUT2D eigenvalue weighted by molar-refractivity contribution is 0.339. The van der Waals surface area contributed by atoms with Crippen LogP contribution in [0.2, 0.25) is 5.15 Å². The molecule has 1 aliphatic rings. The van der Waals surface area contributed by atoms with Crippen molar-refractivity contribution >= 4 is 11.6 Å². The summed E-state index contributed by atoms with van der Waals surface area (Å²) in [7, 11) is 1.88. The average molecular weight is 242 g/mol. The third-order valence-corrected chi connectivity index (χ3v) is 4.06. The molecule has 0 atom stereocenters. The highest BCUT2D eigenvalue weighted by Crippen LogP contribution is 2.39. The summed E-state index contributed by atoms with van der Waals surface area (Å²) >= 11 is 6.20.